The molecule has 2 aromatic rings. The molecule has 0 saturated carbocycles. The molecule has 0 aromatic heterocycles. The average molecular weight is 341 g/mol. The Morgan fingerprint density at radius 1 is 1.12 bits per heavy atom. The minimum atomic E-state index is -0.428. The fourth-order valence-electron chi connectivity index (χ4n) is 2.38. The molecule has 0 spiro atoms. The minimum absolute atomic E-state index is 0.0218. The van der Waals surface area contributed by atoms with Gasteiger partial charge in [-0.05, 0) is 42.2 Å². The highest BCUT2D eigenvalue weighted by Crippen LogP contribution is 2.19. The molecule has 1 amide bonds. The van der Waals surface area contributed by atoms with Crippen LogP contribution in [0, 0.1) is 10.1 Å². The van der Waals surface area contributed by atoms with Crippen LogP contribution in [0.3, 0.4) is 0 Å². The van der Waals surface area contributed by atoms with Crippen molar-refractivity contribution in [2.24, 2.45) is 0 Å². The lowest BCUT2D eigenvalue weighted by Crippen LogP contribution is -2.13. The van der Waals surface area contributed by atoms with Crippen molar-refractivity contribution in [1.82, 2.24) is 0 Å². The molecule has 2 N–H and O–H groups in total. The number of non-ortho nitro benzene ring substituents is 1. The van der Waals surface area contributed by atoms with Crippen LogP contribution < -0.4 is 10.6 Å². The Hall–Kier alpha value is -2.89. The molecule has 0 bridgehead atoms. The summed E-state index contributed by atoms with van der Waals surface area (Å²) >= 11 is 0. The van der Waals surface area contributed by atoms with Gasteiger partial charge in [-0.15, -0.1) is 0 Å². The summed E-state index contributed by atoms with van der Waals surface area (Å²) in [5.41, 5.74) is 2.88. The zero-order chi connectivity index (χ0) is 18.2. The number of nitrogens with one attached hydrogen (secondary N) is 2. The number of nitro groups is 1. The van der Waals surface area contributed by atoms with Crippen molar-refractivity contribution in [2.45, 2.75) is 32.6 Å². The van der Waals surface area contributed by atoms with Gasteiger partial charge in [-0.25, -0.2) is 0 Å². The Bertz CT molecular complexity index is 727. The number of hydrogen-bond acceptors (Lipinski definition) is 4. The number of anilines is 2. The third-order valence-corrected chi connectivity index (χ3v) is 3.82. The van der Waals surface area contributed by atoms with Crippen molar-refractivity contribution in [3.05, 3.63) is 64.2 Å². The van der Waals surface area contributed by atoms with E-state index in [0.29, 0.717) is 25.3 Å². The number of amides is 1. The summed E-state index contributed by atoms with van der Waals surface area (Å²) in [6.45, 7) is 4.85. The van der Waals surface area contributed by atoms with Crippen LogP contribution in [0.5, 0.6) is 0 Å². The second-order valence-corrected chi connectivity index (χ2v) is 6.16. The zero-order valence-corrected chi connectivity index (χ0v) is 14.5. The molecular weight excluding hydrogens is 318 g/mol. The van der Waals surface area contributed by atoms with Crippen molar-refractivity contribution >= 4 is 23.0 Å². The lowest BCUT2D eigenvalue weighted by Gasteiger charge is -2.10. The lowest BCUT2D eigenvalue weighted by molar-refractivity contribution is -0.384. The molecule has 132 valence electrons. The van der Waals surface area contributed by atoms with Gasteiger partial charge in [-0.2, -0.15) is 0 Å². The molecular formula is C19H23N3O3. The van der Waals surface area contributed by atoms with E-state index >= 15 is 0 Å². The van der Waals surface area contributed by atoms with Gasteiger partial charge >= 0.3 is 0 Å². The monoisotopic (exact) mass is 341 g/mol. The topological polar surface area (TPSA) is 84.3 Å². The van der Waals surface area contributed by atoms with Gasteiger partial charge in [-0.1, -0.05) is 26.0 Å². The third kappa shape index (κ3) is 5.91. The van der Waals surface area contributed by atoms with E-state index in [0.717, 1.165) is 11.4 Å². The maximum absolute atomic E-state index is 12.0. The Labute approximate surface area is 147 Å². The Balaban J connectivity index is 1.73. The summed E-state index contributed by atoms with van der Waals surface area (Å²) in [5, 5.41) is 16.7. The van der Waals surface area contributed by atoms with E-state index in [4.69, 9.17) is 0 Å². The van der Waals surface area contributed by atoms with E-state index in [1.807, 2.05) is 18.2 Å². The quantitative estimate of drug-likeness (QED) is 0.419. The molecule has 0 aliphatic carbocycles. The number of benzene rings is 2. The summed E-state index contributed by atoms with van der Waals surface area (Å²) in [7, 11) is 0. The predicted octanol–water partition coefficient (Wildman–Crippen LogP) is 4.55. The molecule has 0 saturated heterocycles. The van der Waals surface area contributed by atoms with Gasteiger partial charge in [0.05, 0.1) is 4.92 Å². The average Bonchev–Trinajstić information content (AvgIpc) is 2.59. The SMILES string of the molecule is CC(C)c1cccc(NC(=O)CCCNc2ccc([N+](=O)[O-])cc2)c1. The number of carbonyl (C=O) groups is 1. The normalized spacial score (nSPS) is 10.5. The van der Waals surface area contributed by atoms with Gasteiger partial charge in [0, 0.05) is 36.5 Å². The van der Waals surface area contributed by atoms with Crippen molar-refractivity contribution < 1.29 is 9.72 Å². The van der Waals surface area contributed by atoms with Crippen LogP contribution in [0.25, 0.3) is 0 Å². The molecule has 25 heavy (non-hydrogen) atoms. The minimum Gasteiger partial charge on any atom is -0.385 e. The van der Waals surface area contributed by atoms with E-state index in [1.165, 1.54) is 17.7 Å². The molecule has 0 radical (unpaired) electrons. The Morgan fingerprint density at radius 2 is 1.84 bits per heavy atom. The fraction of sp³-hybridized carbons (Fsp3) is 0.316. The van der Waals surface area contributed by atoms with Gasteiger partial charge in [0.25, 0.3) is 5.69 Å². The molecule has 0 atom stereocenters. The van der Waals surface area contributed by atoms with E-state index in [2.05, 4.69) is 30.5 Å². The first kappa shape index (κ1) is 18.4. The Morgan fingerprint density at radius 3 is 2.48 bits per heavy atom. The maximum Gasteiger partial charge on any atom is 0.269 e. The highest BCUT2D eigenvalue weighted by atomic mass is 16.6. The van der Waals surface area contributed by atoms with E-state index in [9.17, 15) is 14.9 Å². The lowest BCUT2D eigenvalue weighted by atomic mass is 10.0. The van der Waals surface area contributed by atoms with Crippen LogP contribution in [-0.4, -0.2) is 17.4 Å². The van der Waals surface area contributed by atoms with Gasteiger partial charge in [0.1, 0.15) is 0 Å². The molecule has 0 fully saturated rings. The van der Waals surface area contributed by atoms with Crippen LogP contribution in [-0.2, 0) is 4.79 Å². The molecule has 0 unspecified atom stereocenters. The number of hydrogen-bond donors (Lipinski definition) is 2. The second-order valence-electron chi connectivity index (χ2n) is 6.16. The number of carbonyl (C=O) groups excluding carboxylic acids is 1. The fourth-order valence-corrected chi connectivity index (χ4v) is 2.38. The Kier molecular flexibility index (Phi) is 6.51. The summed E-state index contributed by atoms with van der Waals surface area (Å²) in [6, 6.07) is 14.1. The first-order chi connectivity index (χ1) is 12.0. The van der Waals surface area contributed by atoms with Gasteiger partial charge in [0.2, 0.25) is 5.91 Å². The molecule has 6 nitrogen and oxygen atoms in total. The first-order valence-electron chi connectivity index (χ1n) is 8.34. The van der Waals surface area contributed by atoms with Crippen molar-refractivity contribution in [2.75, 3.05) is 17.2 Å². The van der Waals surface area contributed by atoms with Crippen molar-refractivity contribution in [1.29, 1.82) is 0 Å². The maximum atomic E-state index is 12.0. The van der Waals surface area contributed by atoms with Crippen LogP contribution in [0.1, 0.15) is 38.2 Å². The van der Waals surface area contributed by atoms with Crippen molar-refractivity contribution in [3.8, 4) is 0 Å². The predicted molar refractivity (Wildman–Crippen MR) is 100.0 cm³/mol. The number of rotatable bonds is 8. The number of nitrogens with zero attached hydrogens (tertiary/aromatic N) is 1. The first-order valence-corrected chi connectivity index (χ1v) is 8.34. The molecule has 0 aliphatic rings. The summed E-state index contributed by atoms with van der Waals surface area (Å²) < 4.78 is 0. The standard InChI is InChI=1S/C19H23N3O3/c1-14(2)15-5-3-6-17(13-15)21-19(23)7-4-12-20-16-8-10-18(11-9-16)22(24)25/h3,5-6,8-11,13-14,20H,4,7,12H2,1-2H3,(H,21,23). The smallest absolute Gasteiger partial charge is 0.269 e. The molecule has 2 rings (SSSR count). The van der Waals surface area contributed by atoms with Gasteiger partial charge in [-0.3, -0.25) is 14.9 Å². The van der Waals surface area contributed by atoms with E-state index < -0.39 is 4.92 Å². The molecule has 0 heterocycles. The van der Waals surface area contributed by atoms with Crippen molar-refractivity contribution in [3.63, 3.8) is 0 Å². The van der Waals surface area contributed by atoms with Gasteiger partial charge in [0.15, 0.2) is 0 Å². The highest BCUT2D eigenvalue weighted by molar-refractivity contribution is 5.90. The van der Waals surface area contributed by atoms with Crippen LogP contribution >= 0.6 is 0 Å². The van der Waals surface area contributed by atoms with Crippen LogP contribution in [0.15, 0.2) is 48.5 Å². The molecule has 0 aliphatic heterocycles. The number of nitro benzene ring substituents is 1. The summed E-state index contributed by atoms with van der Waals surface area (Å²) in [6.07, 6.45) is 1.08. The third-order valence-electron chi connectivity index (χ3n) is 3.82. The largest absolute Gasteiger partial charge is 0.385 e. The van der Waals surface area contributed by atoms with E-state index in [1.54, 1.807) is 12.1 Å². The van der Waals surface area contributed by atoms with E-state index in [-0.39, 0.29) is 11.6 Å². The zero-order valence-electron chi connectivity index (χ0n) is 14.5. The summed E-state index contributed by atoms with van der Waals surface area (Å²) in [4.78, 5) is 22.2. The summed E-state index contributed by atoms with van der Waals surface area (Å²) in [5.74, 6) is 0.397. The highest BCUT2D eigenvalue weighted by Gasteiger charge is 2.06. The van der Waals surface area contributed by atoms with Gasteiger partial charge < -0.3 is 10.6 Å². The molecule has 6 heteroatoms. The van der Waals surface area contributed by atoms with Crippen LogP contribution in [0.4, 0.5) is 17.1 Å². The van der Waals surface area contributed by atoms with Crippen LogP contribution in [0.2, 0.25) is 0 Å². The second kappa shape index (κ2) is 8.82. The molecule has 2 aromatic carbocycles.